The fraction of sp³-hybridized carbons (Fsp3) is 0.500. The second-order valence-corrected chi connectivity index (χ2v) is 9.61. The number of aromatic nitrogens is 1. The minimum atomic E-state index is -5.18. The van der Waals surface area contributed by atoms with Gasteiger partial charge in [-0.25, -0.2) is 9.78 Å². The van der Waals surface area contributed by atoms with Crippen molar-refractivity contribution in [1.29, 1.82) is 0 Å². The van der Waals surface area contributed by atoms with E-state index in [1.807, 2.05) is 24.3 Å². The van der Waals surface area contributed by atoms with Crippen LogP contribution in [0, 0.1) is 0 Å². The number of nitrogens with one attached hydrogen (secondary N) is 1. The number of alkyl halides is 6. The molecule has 0 amide bonds. The minimum absolute atomic E-state index is 0.0368. The maximum atomic E-state index is 13.1. The van der Waals surface area contributed by atoms with E-state index in [1.54, 1.807) is 0 Å². The van der Waals surface area contributed by atoms with Crippen LogP contribution in [-0.4, -0.2) is 66.4 Å². The molecule has 37 heavy (non-hydrogen) atoms. The van der Waals surface area contributed by atoms with Gasteiger partial charge in [-0.05, 0) is 55.8 Å². The quantitative estimate of drug-likeness (QED) is 0.417. The third-order valence-electron chi connectivity index (χ3n) is 6.46. The standard InChI is InChI=1S/C24H25ClF6N4O2/c25-16-6-4-15(5-7-16)12-34-10-8-17(9-11-34)32-18-13-35(14-19(18)37-22(36)24(29,30)31)21-3-1-2-20(33-21)23(26,27)28/h1-7,17-19,32H,8-14H2. The summed E-state index contributed by atoms with van der Waals surface area (Å²) in [6, 6.07) is 10.1. The highest BCUT2D eigenvalue weighted by Gasteiger charge is 2.46. The van der Waals surface area contributed by atoms with Crippen molar-refractivity contribution in [2.45, 2.75) is 49.9 Å². The topological polar surface area (TPSA) is 57.7 Å². The average Bonchev–Trinajstić information content (AvgIpc) is 3.23. The first-order chi connectivity index (χ1) is 17.4. The number of rotatable bonds is 6. The van der Waals surface area contributed by atoms with Gasteiger partial charge in [-0.15, -0.1) is 0 Å². The van der Waals surface area contributed by atoms with Crippen molar-refractivity contribution in [3.63, 3.8) is 0 Å². The monoisotopic (exact) mass is 550 g/mol. The number of ether oxygens (including phenoxy) is 1. The zero-order chi connectivity index (χ0) is 26.8. The molecule has 0 bridgehead atoms. The maximum Gasteiger partial charge on any atom is 0.490 e. The summed E-state index contributed by atoms with van der Waals surface area (Å²) in [7, 11) is 0. The van der Waals surface area contributed by atoms with Crippen molar-refractivity contribution in [3.05, 3.63) is 58.7 Å². The van der Waals surface area contributed by atoms with Crippen LogP contribution in [0.3, 0.4) is 0 Å². The summed E-state index contributed by atoms with van der Waals surface area (Å²) < 4.78 is 82.7. The molecule has 2 fully saturated rings. The zero-order valence-corrected chi connectivity index (χ0v) is 20.3. The predicted molar refractivity (Wildman–Crippen MR) is 124 cm³/mol. The molecular weight excluding hydrogens is 526 g/mol. The Hall–Kier alpha value is -2.57. The number of piperidine rings is 1. The van der Waals surface area contributed by atoms with Gasteiger partial charge in [0, 0.05) is 24.2 Å². The molecular formula is C24H25ClF6N4O2. The van der Waals surface area contributed by atoms with E-state index in [2.05, 4.69) is 15.2 Å². The molecule has 6 nitrogen and oxygen atoms in total. The van der Waals surface area contributed by atoms with Crippen LogP contribution < -0.4 is 10.2 Å². The summed E-state index contributed by atoms with van der Waals surface area (Å²) in [6.07, 6.45) is -9.66. The molecule has 0 spiro atoms. The lowest BCUT2D eigenvalue weighted by Gasteiger charge is -2.34. The third-order valence-corrected chi connectivity index (χ3v) is 6.71. The van der Waals surface area contributed by atoms with Crippen LogP contribution >= 0.6 is 11.6 Å². The molecule has 4 rings (SSSR count). The summed E-state index contributed by atoms with van der Waals surface area (Å²) in [5.74, 6) is -2.38. The molecule has 1 aromatic carbocycles. The average molecular weight is 551 g/mol. The lowest BCUT2D eigenvalue weighted by molar-refractivity contribution is -0.204. The van der Waals surface area contributed by atoms with Crippen molar-refractivity contribution in [2.24, 2.45) is 0 Å². The lowest BCUT2D eigenvalue weighted by Crippen LogP contribution is -2.51. The number of hydrogen-bond acceptors (Lipinski definition) is 6. The Balaban J connectivity index is 1.40. The highest BCUT2D eigenvalue weighted by molar-refractivity contribution is 6.30. The SMILES string of the molecule is O=C(OC1CN(c2cccc(C(F)(F)F)n2)CC1NC1CCN(Cc2ccc(Cl)cc2)CC1)C(F)(F)F. The van der Waals surface area contributed by atoms with Crippen LogP contribution in [0.15, 0.2) is 42.5 Å². The van der Waals surface area contributed by atoms with E-state index < -0.39 is 36.2 Å². The van der Waals surface area contributed by atoms with E-state index in [0.29, 0.717) is 17.9 Å². The van der Waals surface area contributed by atoms with E-state index in [9.17, 15) is 31.1 Å². The highest BCUT2D eigenvalue weighted by Crippen LogP contribution is 2.31. The second kappa shape index (κ2) is 11.0. The van der Waals surface area contributed by atoms with Crippen LogP contribution in [-0.2, 0) is 22.3 Å². The molecule has 2 aliphatic rings. The number of esters is 1. The molecule has 13 heteroatoms. The summed E-state index contributed by atoms with van der Waals surface area (Å²) in [5, 5.41) is 3.93. The van der Waals surface area contributed by atoms with Crippen molar-refractivity contribution in [2.75, 3.05) is 31.1 Å². The van der Waals surface area contributed by atoms with Crippen LogP contribution in [0.25, 0.3) is 0 Å². The number of anilines is 1. The summed E-state index contributed by atoms with van der Waals surface area (Å²) in [4.78, 5) is 18.8. The van der Waals surface area contributed by atoms with Crippen molar-refractivity contribution in [1.82, 2.24) is 15.2 Å². The van der Waals surface area contributed by atoms with Gasteiger partial charge in [0.1, 0.15) is 17.6 Å². The molecule has 0 aliphatic carbocycles. The molecule has 2 aliphatic heterocycles. The van der Waals surface area contributed by atoms with Gasteiger partial charge in [-0.2, -0.15) is 26.3 Å². The number of carbonyl (C=O) groups excluding carboxylic acids is 1. The van der Waals surface area contributed by atoms with Crippen molar-refractivity contribution in [3.8, 4) is 0 Å². The number of benzene rings is 1. The van der Waals surface area contributed by atoms with Crippen molar-refractivity contribution >= 4 is 23.4 Å². The number of nitrogens with zero attached hydrogens (tertiary/aromatic N) is 3. The third kappa shape index (κ3) is 7.26. The smallest absolute Gasteiger partial charge is 0.452 e. The molecule has 1 aromatic heterocycles. The number of hydrogen-bond donors (Lipinski definition) is 1. The Morgan fingerprint density at radius 2 is 1.70 bits per heavy atom. The maximum absolute atomic E-state index is 13.1. The Kier molecular flexibility index (Phi) is 8.20. The van der Waals surface area contributed by atoms with Crippen LogP contribution in [0.2, 0.25) is 5.02 Å². The van der Waals surface area contributed by atoms with Gasteiger partial charge >= 0.3 is 18.3 Å². The van der Waals surface area contributed by atoms with Crippen LogP contribution in [0.4, 0.5) is 32.2 Å². The first-order valence-corrected chi connectivity index (χ1v) is 12.1. The number of pyridine rings is 1. The molecule has 202 valence electrons. The van der Waals surface area contributed by atoms with Gasteiger partial charge in [0.2, 0.25) is 0 Å². The van der Waals surface area contributed by atoms with E-state index in [-0.39, 0.29) is 24.9 Å². The van der Waals surface area contributed by atoms with E-state index in [0.717, 1.165) is 31.3 Å². The zero-order valence-electron chi connectivity index (χ0n) is 19.5. The normalized spacial score (nSPS) is 21.9. The van der Waals surface area contributed by atoms with E-state index in [4.69, 9.17) is 16.3 Å². The summed E-state index contributed by atoms with van der Waals surface area (Å²) in [6.45, 7) is 2.02. The van der Waals surface area contributed by atoms with Crippen molar-refractivity contribution < 1.29 is 35.9 Å². The van der Waals surface area contributed by atoms with Crippen LogP contribution in [0.5, 0.6) is 0 Å². The highest BCUT2D eigenvalue weighted by atomic mass is 35.5. The van der Waals surface area contributed by atoms with Gasteiger partial charge in [0.05, 0.1) is 12.6 Å². The molecule has 2 aromatic rings. The fourth-order valence-corrected chi connectivity index (χ4v) is 4.74. The van der Waals surface area contributed by atoms with E-state index >= 15 is 0 Å². The largest absolute Gasteiger partial charge is 0.490 e. The second-order valence-electron chi connectivity index (χ2n) is 9.18. The molecule has 0 radical (unpaired) electrons. The molecule has 3 heterocycles. The number of likely N-dealkylation sites (tertiary alicyclic amines) is 1. The molecule has 2 unspecified atom stereocenters. The van der Waals surface area contributed by atoms with Gasteiger partial charge in [-0.3, -0.25) is 4.90 Å². The van der Waals surface area contributed by atoms with Gasteiger partial charge in [0.15, 0.2) is 0 Å². The first kappa shape index (κ1) is 27.5. The Morgan fingerprint density at radius 3 is 2.32 bits per heavy atom. The Morgan fingerprint density at radius 1 is 1.03 bits per heavy atom. The predicted octanol–water partition coefficient (Wildman–Crippen LogP) is 4.67. The van der Waals surface area contributed by atoms with Gasteiger partial charge < -0.3 is 15.0 Å². The summed E-state index contributed by atoms with van der Waals surface area (Å²) in [5.41, 5.74) is -0.00624. The Bertz CT molecular complexity index is 1070. The lowest BCUT2D eigenvalue weighted by atomic mass is 10.0. The van der Waals surface area contributed by atoms with Gasteiger partial charge in [0.25, 0.3) is 0 Å². The molecule has 1 N–H and O–H groups in total. The molecule has 0 saturated carbocycles. The number of carbonyl (C=O) groups is 1. The summed E-state index contributed by atoms with van der Waals surface area (Å²) >= 11 is 5.93. The molecule has 2 saturated heterocycles. The van der Waals surface area contributed by atoms with Crippen LogP contribution in [0.1, 0.15) is 24.1 Å². The molecule has 2 atom stereocenters. The Labute approximate surface area is 214 Å². The fourth-order valence-electron chi connectivity index (χ4n) is 4.61. The van der Waals surface area contributed by atoms with E-state index in [1.165, 1.54) is 17.0 Å². The number of halogens is 7. The van der Waals surface area contributed by atoms with Gasteiger partial charge in [-0.1, -0.05) is 29.8 Å². The first-order valence-electron chi connectivity index (χ1n) is 11.7. The minimum Gasteiger partial charge on any atom is -0.452 e.